The van der Waals surface area contributed by atoms with E-state index in [4.69, 9.17) is 9.84 Å². The minimum atomic E-state index is -1.08. The van der Waals surface area contributed by atoms with E-state index >= 15 is 0 Å². The molecule has 0 aliphatic rings. The van der Waals surface area contributed by atoms with Crippen LogP contribution in [0.4, 0.5) is 0 Å². The molecule has 0 aliphatic heterocycles. The van der Waals surface area contributed by atoms with Gasteiger partial charge in [-0.3, -0.25) is 4.79 Å². The summed E-state index contributed by atoms with van der Waals surface area (Å²) in [7, 11) is 1.41. The van der Waals surface area contributed by atoms with Crippen molar-refractivity contribution in [2.24, 2.45) is 0 Å². The van der Waals surface area contributed by atoms with Crippen LogP contribution in [-0.2, 0) is 14.3 Å². The summed E-state index contributed by atoms with van der Waals surface area (Å²) >= 11 is 0. The normalized spacial score (nSPS) is 14.5. The highest BCUT2D eigenvalue weighted by Crippen LogP contribution is 1.99. The summed E-state index contributed by atoms with van der Waals surface area (Å²) in [6.07, 6.45) is 0.494. The molecule has 0 saturated carbocycles. The fourth-order valence-electron chi connectivity index (χ4n) is 0.989. The third-order valence-corrected chi connectivity index (χ3v) is 1.90. The fourth-order valence-corrected chi connectivity index (χ4v) is 0.989. The van der Waals surface area contributed by atoms with Crippen LogP contribution < -0.4 is 5.32 Å². The third kappa shape index (κ3) is 4.23. The number of aliphatic carboxylic acids is 1. The van der Waals surface area contributed by atoms with Crippen molar-refractivity contribution >= 4 is 11.9 Å². The summed E-state index contributed by atoms with van der Waals surface area (Å²) in [4.78, 5) is 21.9. The van der Waals surface area contributed by atoms with Crippen LogP contribution in [0.2, 0.25) is 0 Å². The molecule has 0 spiro atoms. The Morgan fingerprint density at radius 2 is 2.07 bits per heavy atom. The Labute approximate surface area is 83.4 Å². The maximum Gasteiger partial charge on any atom is 0.328 e. The van der Waals surface area contributed by atoms with Gasteiger partial charge in [0.15, 0.2) is 6.04 Å². The first-order valence-electron chi connectivity index (χ1n) is 4.57. The Bertz CT molecular complexity index is 205. The van der Waals surface area contributed by atoms with Gasteiger partial charge in [-0.2, -0.15) is 0 Å². The molecule has 5 nitrogen and oxygen atoms in total. The van der Waals surface area contributed by atoms with E-state index in [0.717, 1.165) is 0 Å². The highest BCUT2D eigenvalue weighted by atomic mass is 16.5. The zero-order chi connectivity index (χ0) is 11.1. The van der Waals surface area contributed by atoms with Gasteiger partial charge in [0.25, 0.3) is 0 Å². The molecule has 5 heteroatoms. The average Bonchev–Trinajstić information content (AvgIpc) is 2.13. The highest BCUT2D eigenvalue weighted by Gasteiger charge is 2.25. The van der Waals surface area contributed by atoms with Gasteiger partial charge in [0.2, 0.25) is 5.91 Å². The quantitative estimate of drug-likeness (QED) is 0.654. The number of carbonyl (C=O) groups is 2. The molecule has 2 N–H and O–H groups in total. The molecular weight excluding hydrogens is 186 g/mol. The lowest BCUT2D eigenvalue weighted by atomic mass is 10.1. The molecule has 0 heterocycles. The summed E-state index contributed by atoms with van der Waals surface area (Å²) in [5, 5.41) is 11.2. The lowest BCUT2D eigenvalue weighted by Gasteiger charge is -2.19. The van der Waals surface area contributed by atoms with Crippen LogP contribution in [0.1, 0.15) is 26.7 Å². The number of nitrogens with one attached hydrogen (secondary N) is 1. The number of methoxy groups -OCH3 is 1. The van der Waals surface area contributed by atoms with E-state index in [0.29, 0.717) is 12.8 Å². The van der Waals surface area contributed by atoms with Gasteiger partial charge in [0.05, 0.1) is 6.10 Å². The molecule has 0 aromatic rings. The predicted molar refractivity (Wildman–Crippen MR) is 50.9 cm³/mol. The maximum absolute atomic E-state index is 11.1. The predicted octanol–water partition coefficient (Wildman–Crippen LogP) is 0.391. The van der Waals surface area contributed by atoms with Crippen molar-refractivity contribution in [1.82, 2.24) is 5.32 Å². The minimum absolute atomic E-state index is 0.260. The average molecular weight is 203 g/mol. The second kappa shape index (κ2) is 6.37. The van der Waals surface area contributed by atoms with E-state index < -0.39 is 18.1 Å². The summed E-state index contributed by atoms with van der Waals surface area (Å²) in [5.41, 5.74) is 0. The zero-order valence-corrected chi connectivity index (χ0v) is 8.74. The lowest BCUT2D eigenvalue weighted by Crippen LogP contribution is -2.48. The van der Waals surface area contributed by atoms with Crippen molar-refractivity contribution < 1.29 is 19.4 Å². The Morgan fingerprint density at radius 3 is 2.43 bits per heavy atom. The molecule has 0 bridgehead atoms. The van der Waals surface area contributed by atoms with Crippen molar-refractivity contribution in [2.45, 2.75) is 38.8 Å². The Morgan fingerprint density at radius 1 is 1.50 bits per heavy atom. The van der Waals surface area contributed by atoms with Crippen LogP contribution >= 0.6 is 0 Å². The van der Waals surface area contributed by atoms with Crippen molar-refractivity contribution in [1.29, 1.82) is 0 Å². The maximum atomic E-state index is 11.1. The second-order valence-electron chi connectivity index (χ2n) is 3.07. The molecule has 0 aromatic carbocycles. The Balaban J connectivity index is 4.23. The fraction of sp³-hybridized carbons (Fsp3) is 0.778. The molecule has 2 unspecified atom stereocenters. The van der Waals surface area contributed by atoms with Gasteiger partial charge >= 0.3 is 5.97 Å². The van der Waals surface area contributed by atoms with Gasteiger partial charge in [0.1, 0.15) is 0 Å². The van der Waals surface area contributed by atoms with Gasteiger partial charge in [-0.15, -0.1) is 0 Å². The van der Waals surface area contributed by atoms with Crippen LogP contribution in [0.3, 0.4) is 0 Å². The van der Waals surface area contributed by atoms with Crippen LogP contribution in [0.5, 0.6) is 0 Å². The minimum Gasteiger partial charge on any atom is -0.480 e. The smallest absolute Gasteiger partial charge is 0.328 e. The van der Waals surface area contributed by atoms with E-state index in [-0.39, 0.29) is 5.91 Å². The molecule has 0 radical (unpaired) electrons. The van der Waals surface area contributed by atoms with Crippen LogP contribution in [-0.4, -0.2) is 36.2 Å². The molecular formula is C9H17NO4. The zero-order valence-electron chi connectivity index (χ0n) is 8.74. The van der Waals surface area contributed by atoms with Crippen molar-refractivity contribution in [3.8, 4) is 0 Å². The Hall–Kier alpha value is -1.10. The SMILES string of the molecule is CCCC(=O)NC(C(=O)O)C(C)OC. The molecule has 0 rings (SSSR count). The van der Waals surface area contributed by atoms with Crippen LogP contribution in [0.15, 0.2) is 0 Å². The summed E-state index contributed by atoms with van der Waals surface area (Å²) in [6, 6.07) is -0.973. The van der Waals surface area contributed by atoms with Gasteiger partial charge in [-0.05, 0) is 13.3 Å². The van der Waals surface area contributed by atoms with Crippen molar-refractivity contribution in [3.05, 3.63) is 0 Å². The molecule has 82 valence electrons. The first-order valence-corrected chi connectivity index (χ1v) is 4.57. The van der Waals surface area contributed by atoms with Crippen LogP contribution in [0.25, 0.3) is 0 Å². The van der Waals surface area contributed by atoms with Gasteiger partial charge in [0, 0.05) is 13.5 Å². The molecule has 14 heavy (non-hydrogen) atoms. The van der Waals surface area contributed by atoms with Gasteiger partial charge < -0.3 is 15.2 Å². The summed E-state index contributed by atoms with van der Waals surface area (Å²) < 4.78 is 4.86. The van der Waals surface area contributed by atoms with E-state index in [1.54, 1.807) is 6.92 Å². The largest absolute Gasteiger partial charge is 0.480 e. The summed E-state index contributed by atoms with van der Waals surface area (Å²) in [6.45, 7) is 3.46. The molecule has 2 atom stereocenters. The molecule has 0 saturated heterocycles. The van der Waals surface area contributed by atoms with Gasteiger partial charge in [-0.25, -0.2) is 4.79 Å². The van der Waals surface area contributed by atoms with E-state index in [1.165, 1.54) is 7.11 Å². The molecule has 0 aliphatic carbocycles. The van der Waals surface area contributed by atoms with Crippen molar-refractivity contribution in [3.63, 3.8) is 0 Å². The molecule has 0 aromatic heterocycles. The third-order valence-electron chi connectivity index (χ3n) is 1.90. The van der Waals surface area contributed by atoms with E-state index in [1.807, 2.05) is 6.92 Å². The molecule has 1 amide bonds. The number of ether oxygens (including phenoxy) is 1. The number of rotatable bonds is 6. The van der Waals surface area contributed by atoms with Gasteiger partial charge in [-0.1, -0.05) is 6.92 Å². The first-order chi connectivity index (χ1) is 6.52. The number of hydrogen-bond acceptors (Lipinski definition) is 3. The van der Waals surface area contributed by atoms with E-state index in [2.05, 4.69) is 5.32 Å². The number of hydrogen-bond donors (Lipinski definition) is 2. The van der Waals surface area contributed by atoms with Crippen LogP contribution in [0, 0.1) is 0 Å². The molecule has 0 fully saturated rings. The second-order valence-corrected chi connectivity index (χ2v) is 3.07. The van der Waals surface area contributed by atoms with E-state index in [9.17, 15) is 9.59 Å². The standard InChI is InChI=1S/C9H17NO4/c1-4-5-7(11)10-8(9(12)13)6(2)14-3/h6,8H,4-5H2,1-3H3,(H,10,11)(H,12,13). The highest BCUT2D eigenvalue weighted by molar-refractivity contribution is 5.83. The number of carboxylic acids is 1. The lowest BCUT2D eigenvalue weighted by molar-refractivity contribution is -0.145. The monoisotopic (exact) mass is 203 g/mol. The number of amides is 1. The summed E-state index contributed by atoms with van der Waals surface area (Å²) in [5.74, 6) is -1.34. The number of carboxylic acid groups (broad SMARTS) is 1. The van der Waals surface area contributed by atoms with Crippen molar-refractivity contribution in [2.75, 3.05) is 7.11 Å². The topological polar surface area (TPSA) is 75.6 Å². The number of carbonyl (C=O) groups excluding carboxylic acids is 1. The Kier molecular flexibility index (Phi) is 5.87. The first kappa shape index (κ1) is 12.9.